The molecule has 0 saturated heterocycles. The maximum atomic E-state index is 12.5. The van der Waals surface area contributed by atoms with E-state index in [0.717, 1.165) is 5.69 Å². The van der Waals surface area contributed by atoms with Gasteiger partial charge in [-0.2, -0.15) is 0 Å². The van der Waals surface area contributed by atoms with E-state index < -0.39 is 5.97 Å². The number of nitrogens with one attached hydrogen (secondary N) is 1. The van der Waals surface area contributed by atoms with Crippen LogP contribution in [0, 0.1) is 12.8 Å². The van der Waals surface area contributed by atoms with Gasteiger partial charge in [-0.15, -0.1) is 0 Å². The first kappa shape index (κ1) is 16.5. The highest BCUT2D eigenvalue weighted by atomic mass is 79.9. The number of hydrogen-bond acceptors (Lipinski definition) is 6. The van der Waals surface area contributed by atoms with Crippen molar-refractivity contribution in [3.8, 4) is 0 Å². The normalized spacial score (nSPS) is 18.8. The number of halogens is 1. The molecule has 1 amide bonds. The van der Waals surface area contributed by atoms with Crippen molar-refractivity contribution in [3.63, 3.8) is 0 Å². The zero-order valence-electron chi connectivity index (χ0n) is 13.1. The Kier molecular flexibility index (Phi) is 4.57. The van der Waals surface area contributed by atoms with Gasteiger partial charge in [0.1, 0.15) is 5.82 Å². The van der Waals surface area contributed by atoms with Crippen molar-refractivity contribution in [2.75, 3.05) is 12.4 Å². The van der Waals surface area contributed by atoms with E-state index >= 15 is 0 Å². The summed E-state index contributed by atoms with van der Waals surface area (Å²) in [4.78, 5) is 36.8. The Bertz CT molecular complexity index is 812. The van der Waals surface area contributed by atoms with E-state index in [-0.39, 0.29) is 23.4 Å². The molecule has 1 saturated carbocycles. The molecule has 2 aromatic rings. The van der Waals surface area contributed by atoms with Crippen LogP contribution in [0.4, 0.5) is 5.69 Å². The average molecular weight is 391 g/mol. The molecule has 3 rings (SSSR count). The van der Waals surface area contributed by atoms with E-state index in [1.165, 1.54) is 13.3 Å². The SMILES string of the molecule is COC(=O)c1ncc(Br)cc1NC(=O)[C@H]1C[C@@H]1c1nccc(C)n1. The lowest BCUT2D eigenvalue weighted by molar-refractivity contribution is -0.117. The van der Waals surface area contributed by atoms with E-state index in [2.05, 4.69) is 36.2 Å². The molecule has 0 unspecified atom stereocenters. The molecule has 24 heavy (non-hydrogen) atoms. The van der Waals surface area contributed by atoms with Gasteiger partial charge < -0.3 is 10.1 Å². The highest BCUT2D eigenvalue weighted by Crippen LogP contribution is 2.46. The minimum Gasteiger partial charge on any atom is -0.464 e. The molecule has 1 fully saturated rings. The predicted octanol–water partition coefficient (Wildman–Crippen LogP) is 2.47. The fourth-order valence-corrected chi connectivity index (χ4v) is 2.77. The summed E-state index contributed by atoms with van der Waals surface area (Å²) in [5.41, 5.74) is 1.25. The fourth-order valence-electron chi connectivity index (χ4n) is 2.44. The molecule has 7 nitrogen and oxygen atoms in total. The van der Waals surface area contributed by atoms with Gasteiger partial charge in [-0.1, -0.05) is 0 Å². The van der Waals surface area contributed by atoms with Crippen LogP contribution in [-0.4, -0.2) is 33.9 Å². The maximum Gasteiger partial charge on any atom is 0.358 e. The molecule has 1 N–H and O–H groups in total. The standard InChI is InChI=1S/C16H15BrN4O3/c1-8-3-4-18-14(20-8)10-6-11(10)15(22)21-12-5-9(17)7-19-13(12)16(23)24-2/h3-5,7,10-11H,6H2,1-2H3,(H,21,22)/t10-,11-/m0/s1. The Hall–Kier alpha value is -2.35. The third-order valence-electron chi connectivity index (χ3n) is 3.76. The van der Waals surface area contributed by atoms with E-state index in [4.69, 9.17) is 4.74 Å². The second kappa shape index (κ2) is 6.64. The quantitative estimate of drug-likeness (QED) is 0.805. The summed E-state index contributed by atoms with van der Waals surface area (Å²) in [6.45, 7) is 1.89. The number of esters is 1. The Morgan fingerprint density at radius 1 is 1.38 bits per heavy atom. The zero-order valence-corrected chi connectivity index (χ0v) is 14.7. The van der Waals surface area contributed by atoms with Gasteiger partial charge in [-0.3, -0.25) is 4.79 Å². The third kappa shape index (κ3) is 3.43. The topological polar surface area (TPSA) is 94.1 Å². The molecule has 1 aliphatic rings. The summed E-state index contributed by atoms with van der Waals surface area (Å²) in [6.07, 6.45) is 3.85. The number of rotatable bonds is 4. The van der Waals surface area contributed by atoms with Gasteiger partial charge in [0.25, 0.3) is 0 Å². The number of amides is 1. The van der Waals surface area contributed by atoms with Crippen LogP contribution in [0.5, 0.6) is 0 Å². The Morgan fingerprint density at radius 3 is 2.88 bits per heavy atom. The summed E-state index contributed by atoms with van der Waals surface area (Å²) in [7, 11) is 1.27. The Morgan fingerprint density at radius 2 is 2.17 bits per heavy atom. The number of carbonyl (C=O) groups excluding carboxylic acids is 2. The van der Waals surface area contributed by atoms with Crippen molar-refractivity contribution in [1.29, 1.82) is 0 Å². The smallest absolute Gasteiger partial charge is 0.358 e. The minimum atomic E-state index is -0.604. The fraction of sp³-hybridized carbons (Fsp3) is 0.312. The first-order chi connectivity index (χ1) is 11.5. The Balaban J connectivity index is 1.75. The van der Waals surface area contributed by atoms with Crippen molar-refractivity contribution in [2.45, 2.75) is 19.3 Å². The number of methoxy groups -OCH3 is 1. The van der Waals surface area contributed by atoms with E-state index in [9.17, 15) is 9.59 Å². The molecule has 0 aliphatic heterocycles. The third-order valence-corrected chi connectivity index (χ3v) is 4.20. The molecule has 1 aliphatic carbocycles. The van der Waals surface area contributed by atoms with Crippen LogP contribution in [0.1, 0.15) is 34.3 Å². The molecule has 2 atom stereocenters. The van der Waals surface area contributed by atoms with Gasteiger partial charge in [0.2, 0.25) is 5.91 Å². The first-order valence-electron chi connectivity index (χ1n) is 7.34. The molecule has 0 radical (unpaired) electrons. The monoisotopic (exact) mass is 390 g/mol. The lowest BCUT2D eigenvalue weighted by Crippen LogP contribution is -2.18. The molecule has 0 spiro atoms. The highest BCUT2D eigenvalue weighted by molar-refractivity contribution is 9.10. The summed E-state index contributed by atoms with van der Waals surface area (Å²) in [6, 6.07) is 3.44. The van der Waals surface area contributed by atoms with Crippen LogP contribution in [-0.2, 0) is 9.53 Å². The van der Waals surface area contributed by atoms with Crippen LogP contribution < -0.4 is 5.32 Å². The summed E-state index contributed by atoms with van der Waals surface area (Å²) < 4.78 is 5.34. The van der Waals surface area contributed by atoms with Crippen molar-refractivity contribution < 1.29 is 14.3 Å². The molecule has 2 heterocycles. The molecule has 0 bridgehead atoms. The number of aromatic nitrogens is 3. The van der Waals surface area contributed by atoms with Crippen LogP contribution in [0.3, 0.4) is 0 Å². The number of anilines is 1. The van der Waals surface area contributed by atoms with E-state index in [1.807, 2.05) is 13.0 Å². The van der Waals surface area contributed by atoms with Gasteiger partial charge in [-0.25, -0.2) is 19.7 Å². The lowest BCUT2D eigenvalue weighted by Gasteiger charge is -2.09. The van der Waals surface area contributed by atoms with Crippen LogP contribution in [0.25, 0.3) is 0 Å². The largest absolute Gasteiger partial charge is 0.464 e. The van der Waals surface area contributed by atoms with Crippen LogP contribution in [0.15, 0.2) is 29.0 Å². The van der Waals surface area contributed by atoms with Gasteiger partial charge in [0.05, 0.1) is 12.8 Å². The van der Waals surface area contributed by atoms with Gasteiger partial charge in [-0.05, 0) is 41.4 Å². The predicted molar refractivity (Wildman–Crippen MR) is 89.5 cm³/mol. The number of aryl methyl sites for hydroxylation is 1. The number of carbonyl (C=O) groups is 2. The van der Waals surface area contributed by atoms with Gasteiger partial charge in [0, 0.05) is 34.4 Å². The molecular weight excluding hydrogens is 376 g/mol. The van der Waals surface area contributed by atoms with Crippen LogP contribution >= 0.6 is 15.9 Å². The maximum absolute atomic E-state index is 12.5. The van der Waals surface area contributed by atoms with Crippen molar-refractivity contribution in [3.05, 3.63) is 46.2 Å². The average Bonchev–Trinajstić information content (AvgIpc) is 3.35. The van der Waals surface area contributed by atoms with Gasteiger partial charge >= 0.3 is 5.97 Å². The summed E-state index contributed by atoms with van der Waals surface area (Å²) >= 11 is 3.28. The summed E-state index contributed by atoms with van der Waals surface area (Å²) in [5.74, 6) is -0.319. The second-order valence-electron chi connectivity index (χ2n) is 5.54. The lowest BCUT2D eigenvalue weighted by atomic mass is 10.2. The number of ether oxygens (including phenoxy) is 1. The highest BCUT2D eigenvalue weighted by Gasteiger charge is 2.46. The van der Waals surface area contributed by atoms with Crippen molar-refractivity contribution in [2.24, 2.45) is 5.92 Å². The minimum absolute atomic E-state index is 0.00610. The van der Waals surface area contributed by atoms with Gasteiger partial charge in [0.15, 0.2) is 5.69 Å². The van der Waals surface area contributed by atoms with Crippen molar-refractivity contribution in [1.82, 2.24) is 15.0 Å². The molecular formula is C16H15BrN4O3. The Labute approximate surface area is 147 Å². The van der Waals surface area contributed by atoms with E-state index in [1.54, 1.807) is 12.3 Å². The van der Waals surface area contributed by atoms with Crippen molar-refractivity contribution >= 4 is 33.5 Å². The zero-order chi connectivity index (χ0) is 17.3. The first-order valence-corrected chi connectivity index (χ1v) is 8.13. The molecule has 8 heteroatoms. The van der Waals surface area contributed by atoms with Crippen LogP contribution in [0.2, 0.25) is 0 Å². The molecule has 0 aromatic carbocycles. The number of nitrogens with zero attached hydrogens (tertiary/aromatic N) is 3. The second-order valence-corrected chi connectivity index (χ2v) is 6.45. The molecule has 124 valence electrons. The number of pyridine rings is 1. The van der Waals surface area contributed by atoms with E-state index in [0.29, 0.717) is 22.4 Å². The summed E-state index contributed by atoms with van der Waals surface area (Å²) in [5, 5.41) is 2.76. The molecule has 2 aromatic heterocycles. The number of hydrogen-bond donors (Lipinski definition) is 1.